The molecule has 1 aliphatic rings. The fraction of sp³-hybridized carbons (Fsp3) is 0.300. The van der Waals surface area contributed by atoms with Gasteiger partial charge in [0.25, 0.3) is 0 Å². The van der Waals surface area contributed by atoms with Crippen LogP contribution >= 0.6 is 35.0 Å². The largest absolute Gasteiger partial charge is 0.397 e. The fourth-order valence-electron chi connectivity index (χ4n) is 3.07. The Balaban J connectivity index is 1.82. The van der Waals surface area contributed by atoms with Crippen molar-refractivity contribution in [3.8, 4) is 0 Å². The Hall–Kier alpha value is -1.66. The number of aliphatic hydroxyl groups excluding tert-OH is 3. The summed E-state index contributed by atoms with van der Waals surface area (Å²) in [5.41, 5.74) is 4.51. The molecule has 6 N–H and O–H groups in total. The molecule has 1 saturated heterocycles. The second-order valence-corrected chi connectivity index (χ2v) is 8.85. The summed E-state index contributed by atoms with van der Waals surface area (Å²) in [6.07, 6.45) is -2.66. The third-order valence-electron chi connectivity index (χ3n) is 4.79. The highest BCUT2D eigenvalue weighted by Gasteiger charge is 2.44. The summed E-state index contributed by atoms with van der Waals surface area (Å²) in [5.74, 6) is -4.47. The molecule has 0 saturated carbocycles. The van der Waals surface area contributed by atoms with Crippen LogP contribution < -0.4 is 11.1 Å². The van der Waals surface area contributed by atoms with Crippen LogP contribution in [0, 0.1) is 17.5 Å². The van der Waals surface area contributed by atoms with Crippen LogP contribution in [0.1, 0.15) is 5.56 Å². The maximum absolute atomic E-state index is 13.5. The van der Waals surface area contributed by atoms with Gasteiger partial charge in [0.2, 0.25) is 0 Å². The molecular formula is C20H19Cl2F3N2O4S. The van der Waals surface area contributed by atoms with Crippen molar-refractivity contribution in [3.05, 3.63) is 69.6 Å². The molecule has 6 nitrogen and oxygen atoms in total. The second-order valence-electron chi connectivity index (χ2n) is 6.92. The van der Waals surface area contributed by atoms with Gasteiger partial charge in [-0.15, -0.1) is 0 Å². The van der Waals surface area contributed by atoms with Crippen molar-refractivity contribution >= 4 is 40.7 Å². The minimum Gasteiger partial charge on any atom is -0.397 e. The molecule has 1 aliphatic heterocycles. The van der Waals surface area contributed by atoms with E-state index in [0.29, 0.717) is 22.1 Å². The SMILES string of the molecule is N/C(=C\NC1C(O)C(CO)OC(Sc2cccc(Cl)c2Cl)C1O)c1cc(F)c(F)c(F)c1. The molecule has 2 aromatic rings. The van der Waals surface area contributed by atoms with Gasteiger partial charge in [0.05, 0.1) is 28.4 Å². The zero-order valence-corrected chi connectivity index (χ0v) is 18.5. The van der Waals surface area contributed by atoms with Gasteiger partial charge in [-0.1, -0.05) is 41.0 Å². The Kier molecular flexibility index (Phi) is 8.21. The number of thioether (sulfide) groups is 1. The molecule has 0 spiro atoms. The molecule has 5 atom stereocenters. The van der Waals surface area contributed by atoms with Crippen LogP contribution in [0.15, 0.2) is 41.4 Å². The Bertz CT molecular complexity index is 994. The van der Waals surface area contributed by atoms with Crippen LogP contribution in [0.5, 0.6) is 0 Å². The summed E-state index contributed by atoms with van der Waals surface area (Å²) < 4.78 is 45.7. The van der Waals surface area contributed by atoms with Gasteiger partial charge in [-0.3, -0.25) is 0 Å². The highest BCUT2D eigenvalue weighted by Crippen LogP contribution is 2.39. The first-order chi connectivity index (χ1) is 15.1. The molecule has 1 fully saturated rings. The van der Waals surface area contributed by atoms with Gasteiger partial charge >= 0.3 is 0 Å². The molecule has 0 aromatic heterocycles. The Morgan fingerprint density at radius 3 is 2.44 bits per heavy atom. The van der Waals surface area contributed by atoms with Gasteiger partial charge in [0, 0.05) is 16.7 Å². The third kappa shape index (κ3) is 5.28. The summed E-state index contributed by atoms with van der Waals surface area (Å²) in [5, 5.41) is 34.1. The first-order valence-electron chi connectivity index (χ1n) is 9.23. The number of nitrogens with two attached hydrogens (primary N) is 1. The Morgan fingerprint density at radius 1 is 1.16 bits per heavy atom. The van der Waals surface area contributed by atoms with Gasteiger partial charge in [-0.25, -0.2) is 13.2 Å². The molecule has 0 aliphatic carbocycles. The maximum Gasteiger partial charge on any atom is 0.194 e. The van der Waals surface area contributed by atoms with E-state index in [2.05, 4.69) is 5.32 Å². The summed E-state index contributed by atoms with van der Waals surface area (Å²) in [7, 11) is 0. The van der Waals surface area contributed by atoms with E-state index in [1.165, 1.54) is 0 Å². The van der Waals surface area contributed by atoms with Crippen LogP contribution in [0.4, 0.5) is 13.2 Å². The van der Waals surface area contributed by atoms with Gasteiger partial charge in [0.1, 0.15) is 23.7 Å². The van der Waals surface area contributed by atoms with E-state index in [1.807, 2.05) is 0 Å². The van der Waals surface area contributed by atoms with Crippen LogP contribution in [-0.4, -0.2) is 51.7 Å². The maximum atomic E-state index is 13.5. The lowest BCUT2D eigenvalue weighted by Crippen LogP contribution is -2.62. The van der Waals surface area contributed by atoms with Crippen LogP contribution in [0.3, 0.4) is 0 Å². The highest BCUT2D eigenvalue weighted by molar-refractivity contribution is 8.00. The molecule has 0 bridgehead atoms. The van der Waals surface area contributed by atoms with Crippen LogP contribution in [0.25, 0.3) is 5.70 Å². The molecular weight excluding hydrogens is 492 g/mol. The van der Waals surface area contributed by atoms with Crippen LogP contribution in [-0.2, 0) is 4.74 Å². The van der Waals surface area contributed by atoms with Gasteiger partial charge in [-0.2, -0.15) is 0 Å². The van der Waals surface area contributed by atoms with Crippen molar-refractivity contribution < 1.29 is 33.2 Å². The van der Waals surface area contributed by atoms with Gasteiger partial charge in [0.15, 0.2) is 17.5 Å². The lowest BCUT2D eigenvalue weighted by Gasteiger charge is -2.42. The minimum atomic E-state index is -1.63. The zero-order chi connectivity index (χ0) is 23.6. The first kappa shape index (κ1) is 25.0. The number of rotatable bonds is 6. The number of hydrogen-bond donors (Lipinski definition) is 5. The van der Waals surface area contributed by atoms with Crippen molar-refractivity contribution in [2.45, 2.75) is 34.7 Å². The first-order valence-corrected chi connectivity index (χ1v) is 10.9. The quantitative estimate of drug-likeness (QED) is 0.380. The smallest absolute Gasteiger partial charge is 0.194 e. The van der Waals surface area contributed by atoms with E-state index in [0.717, 1.165) is 18.0 Å². The zero-order valence-electron chi connectivity index (χ0n) is 16.2. The van der Waals surface area contributed by atoms with Gasteiger partial charge in [-0.05, 0) is 24.3 Å². The van der Waals surface area contributed by atoms with Crippen LogP contribution in [0.2, 0.25) is 10.0 Å². The number of ether oxygens (including phenoxy) is 1. The predicted octanol–water partition coefficient (Wildman–Crippen LogP) is 2.86. The minimum absolute atomic E-state index is 0.153. The number of benzene rings is 2. The summed E-state index contributed by atoms with van der Waals surface area (Å²) in [4.78, 5) is 0.502. The third-order valence-corrected chi connectivity index (χ3v) is 6.94. The number of hydrogen-bond acceptors (Lipinski definition) is 7. The van der Waals surface area contributed by atoms with Crippen molar-refractivity contribution in [2.75, 3.05) is 6.61 Å². The van der Waals surface area contributed by atoms with Crippen molar-refractivity contribution in [3.63, 3.8) is 0 Å². The van der Waals surface area contributed by atoms with E-state index in [4.69, 9.17) is 33.7 Å². The fourth-order valence-corrected chi connectivity index (χ4v) is 4.69. The molecule has 174 valence electrons. The molecule has 1 heterocycles. The standard InChI is InChI=1S/C20H19Cl2F3N2O4S/c21-9-2-1-3-14(15(9)22)32-20-19(30)17(18(29)13(7-28)31-20)27-6-12(26)8-4-10(23)16(25)11(24)5-8/h1-6,13,17-20,27-30H,7,26H2/b12-6-. The lowest BCUT2D eigenvalue weighted by atomic mass is 9.97. The van der Waals surface area contributed by atoms with E-state index >= 15 is 0 Å². The Labute approximate surface area is 195 Å². The monoisotopic (exact) mass is 510 g/mol. The normalized spacial score (nSPS) is 26.2. The molecule has 0 amide bonds. The summed E-state index contributed by atoms with van der Waals surface area (Å²) in [6.45, 7) is -0.556. The van der Waals surface area contributed by atoms with E-state index < -0.39 is 53.8 Å². The van der Waals surface area contributed by atoms with E-state index in [9.17, 15) is 28.5 Å². The molecule has 0 radical (unpaired) electrons. The average Bonchev–Trinajstić information content (AvgIpc) is 2.76. The number of nitrogens with one attached hydrogen (secondary N) is 1. The molecule has 3 rings (SSSR count). The lowest BCUT2D eigenvalue weighted by molar-refractivity contribution is -0.164. The molecule has 12 heteroatoms. The highest BCUT2D eigenvalue weighted by atomic mass is 35.5. The van der Waals surface area contributed by atoms with E-state index in [1.54, 1.807) is 18.2 Å². The van der Waals surface area contributed by atoms with E-state index in [-0.39, 0.29) is 16.3 Å². The average molecular weight is 511 g/mol. The van der Waals surface area contributed by atoms with Crippen molar-refractivity contribution in [1.29, 1.82) is 0 Å². The number of aliphatic hydroxyl groups is 3. The van der Waals surface area contributed by atoms with Gasteiger partial charge < -0.3 is 31.1 Å². The van der Waals surface area contributed by atoms with Crippen molar-refractivity contribution in [2.24, 2.45) is 5.73 Å². The summed E-state index contributed by atoms with van der Waals surface area (Å²) in [6, 6.07) is 5.23. The number of halogens is 5. The Morgan fingerprint density at radius 2 is 1.81 bits per heavy atom. The topological polar surface area (TPSA) is 108 Å². The second kappa shape index (κ2) is 10.5. The van der Waals surface area contributed by atoms with Crippen molar-refractivity contribution in [1.82, 2.24) is 5.32 Å². The molecule has 32 heavy (non-hydrogen) atoms. The summed E-state index contributed by atoms with van der Waals surface area (Å²) >= 11 is 13.2. The molecule has 5 unspecified atom stereocenters. The predicted molar refractivity (Wildman–Crippen MR) is 115 cm³/mol. The molecule has 2 aromatic carbocycles.